The molecule has 108 valence electrons. The molecule has 0 spiro atoms. The van der Waals surface area contributed by atoms with E-state index in [-0.39, 0.29) is 5.56 Å². The minimum absolute atomic E-state index is 0.0641. The van der Waals surface area contributed by atoms with E-state index in [4.69, 9.17) is 0 Å². The lowest BCUT2D eigenvalue weighted by Gasteiger charge is -2.06. The van der Waals surface area contributed by atoms with Crippen molar-refractivity contribution in [3.63, 3.8) is 0 Å². The molecule has 1 aromatic heterocycles. The van der Waals surface area contributed by atoms with E-state index in [1.807, 2.05) is 36.4 Å². The normalized spacial score (nSPS) is 11.1. The van der Waals surface area contributed by atoms with Gasteiger partial charge in [-0.1, -0.05) is 42.7 Å². The summed E-state index contributed by atoms with van der Waals surface area (Å²) in [5.41, 5.74) is 2.21. The Morgan fingerprint density at radius 1 is 1.14 bits per heavy atom. The predicted molar refractivity (Wildman–Crippen MR) is 89.4 cm³/mol. The van der Waals surface area contributed by atoms with E-state index >= 15 is 0 Å². The van der Waals surface area contributed by atoms with Crippen LogP contribution in [0.1, 0.15) is 18.9 Å². The number of nitrogens with zero attached hydrogens (tertiary/aromatic N) is 1. The number of hydrogen-bond acceptors (Lipinski definition) is 3. The zero-order valence-electron chi connectivity index (χ0n) is 12.0. The Bertz CT molecular complexity index is 804. The second-order valence-corrected chi connectivity index (χ2v) is 6.02. The number of rotatable bonds is 5. The maximum absolute atomic E-state index is 12.5. The van der Waals surface area contributed by atoms with Crippen LogP contribution in [0.2, 0.25) is 0 Å². The fourth-order valence-corrected chi connectivity index (χ4v) is 3.33. The third-order valence-corrected chi connectivity index (χ3v) is 4.50. The van der Waals surface area contributed by atoms with E-state index in [1.165, 1.54) is 17.1 Å². The molecule has 4 heteroatoms. The van der Waals surface area contributed by atoms with Crippen LogP contribution in [-0.2, 0) is 6.54 Å². The maximum atomic E-state index is 12.5. The van der Waals surface area contributed by atoms with Gasteiger partial charge in [0.25, 0.3) is 5.56 Å². The van der Waals surface area contributed by atoms with Crippen molar-refractivity contribution < 1.29 is 0 Å². The fraction of sp³-hybridized carbons (Fsp3) is 0.235. The average molecular weight is 298 g/mol. The van der Waals surface area contributed by atoms with E-state index < -0.39 is 0 Å². The molecule has 0 saturated heterocycles. The standard InChI is InChI=1S/C17H18N2OS/c1-2-10-18-12-13-6-5-7-14(11-13)19-17(20)15-8-3-4-9-16(15)21-19/h3-9,11,18H,2,10,12H2,1H3. The molecule has 3 nitrogen and oxygen atoms in total. The van der Waals surface area contributed by atoms with Crippen LogP contribution in [0.4, 0.5) is 0 Å². The van der Waals surface area contributed by atoms with Gasteiger partial charge < -0.3 is 5.32 Å². The Balaban J connectivity index is 1.97. The van der Waals surface area contributed by atoms with E-state index in [1.54, 1.807) is 3.96 Å². The SMILES string of the molecule is CCCNCc1cccc(-n2sc3ccccc3c2=O)c1. The summed E-state index contributed by atoms with van der Waals surface area (Å²) < 4.78 is 2.80. The van der Waals surface area contributed by atoms with Crippen LogP contribution in [-0.4, -0.2) is 10.5 Å². The number of fused-ring (bicyclic) bond motifs is 1. The molecule has 0 aliphatic heterocycles. The first-order valence-corrected chi connectivity index (χ1v) is 7.98. The number of aromatic nitrogens is 1. The van der Waals surface area contributed by atoms with Crippen LogP contribution in [0, 0.1) is 0 Å². The summed E-state index contributed by atoms with van der Waals surface area (Å²) in [7, 11) is 0. The van der Waals surface area contributed by atoms with Gasteiger partial charge in [-0.2, -0.15) is 0 Å². The van der Waals surface area contributed by atoms with Crippen LogP contribution in [0.25, 0.3) is 15.8 Å². The topological polar surface area (TPSA) is 34.0 Å². The summed E-state index contributed by atoms with van der Waals surface area (Å²) in [6, 6.07) is 15.9. The van der Waals surface area contributed by atoms with Gasteiger partial charge in [0.2, 0.25) is 0 Å². The minimum atomic E-state index is 0.0641. The summed E-state index contributed by atoms with van der Waals surface area (Å²) in [4.78, 5) is 12.5. The molecule has 21 heavy (non-hydrogen) atoms. The molecule has 0 unspecified atom stereocenters. The van der Waals surface area contributed by atoms with Crippen molar-refractivity contribution in [1.82, 2.24) is 9.27 Å². The van der Waals surface area contributed by atoms with Crippen molar-refractivity contribution in [3.05, 3.63) is 64.4 Å². The monoisotopic (exact) mass is 298 g/mol. The fourth-order valence-electron chi connectivity index (χ4n) is 2.34. The number of benzene rings is 2. The van der Waals surface area contributed by atoms with Gasteiger partial charge in [0.05, 0.1) is 15.8 Å². The zero-order valence-corrected chi connectivity index (χ0v) is 12.8. The van der Waals surface area contributed by atoms with Gasteiger partial charge in [-0.25, -0.2) is 3.96 Å². The summed E-state index contributed by atoms with van der Waals surface area (Å²) >= 11 is 1.50. The predicted octanol–water partition coefficient (Wildman–Crippen LogP) is 3.55. The summed E-state index contributed by atoms with van der Waals surface area (Å²) in [6.45, 7) is 3.99. The molecular formula is C17H18N2OS. The Hall–Kier alpha value is -1.91. The molecule has 1 heterocycles. The Morgan fingerprint density at radius 2 is 2.00 bits per heavy atom. The first-order chi connectivity index (χ1) is 10.3. The highest BCUT2D eigenvalue weighted by Crippen LogP contribution is 2.20. The van der Waals surface area contributed by atoms with Crippen LogP contribution in [0.15, 0.2) is 53.3 Å². The molecule has 3 aromatic rings. The molecule has 0 amide bonds. The van der Waals surface area contributed by atoms with E-state index in [0.29, 0.717) is 0 Å². The smallest absolute Gasteiger partial charge is 0.273 e. The molecule has 0 aliphatic rings. The lowest BCUT2D eigenvalue weighted by molar-refractivity contribution is 0.675. The Labute approximate surface area is 128 Å². The lowest BCUT2D eigenvalue weighted by atomic mass is 10.2. The third-order valence-electron chi connectivity index (χ3n) is 3.39. The second kappa shape index (κ2) is 6.24. The van der Waals surface area contributed by atoms with Crippen molar-refractivity contribution in [1.29, 1.82) is 0 Å². The van der Waals surface area contributed by atoms with E-state index in [2.05, 4.69) is 24.4 Å². The van der Waals surface area contributed by atoms with Crippen molar-refractivity contribution in [2.45, 2.75) is 19.9 Å². The van der Waals surface area contributed by atoms with Gasteiger partial charge in [0, 0.05) is 6.54 Å². The summed E-state index contributed by atoms with van der Waals surface area (Å²) in [5.74, 6) is 0. The third kappa shape index (κ3) is 2.91. The minimum Gasteiger partial charge on any atom is -0.313 e. The van der Waals surface area contributed by atoms with Gasteiger partial charge >= 0.3 is 0 Å². The quantitative estimate of drug-likeness (QED) is 0.731. The lowest BCUT2D eigenvalue weighted by Crippen LogP contribution is -2.15. The highest BCUT2D eigenvalue weighted by atomic mass is 32.1. The Morgan fingerprint density at radius 3 is 2.81 bits per heavy atom. The molecule has 0 radical (unpaired) electrons. The molecular weight excluding hydrogens is 280 g/mol. The van der Waals surface area contributed by atoms with Crippen molar-refractivity contribution in [2.24, 2.45) is 0 Å². The summed E-state index contributed by atoms with van der Waals surface area (Å²) in [6.07, 6.45) is 1.12. The van der Waals surface area contributed by atoms with Gasteiger partial charge in [0.1, 0.15) is 0 Å². The van der Waals surface area contributed by atoms with Gasteiger partial charge in [-0.15, -0.1) is 0 Å². The molecule has 2 aromatic carbocycles. The molecule has 0 fully saturated rings. The van der Waals surface area contributed by atoms with Crippen LogP contribution < -0.4 is 10.9 Å². The molecule has 0 atom stereocenters. The van der Waals surface area contributed by atoms with E-state index in [0.717, 1.165) is 35.3 Å². The molecule has 0 bridgehead atoms. The Kier molecular flexibility index (Phi) is 4.18. The van der Waals surface area contributed by atoms with E-state index in [9.17, 15) is 4.79 Å². The number of hydrogen-bond donors (Lipinski definition) is 1. The second-order valence-electron chi connectivity index (χ2n) is 5.03. The summed E-state index contributed by atoms with van der Waals surface area (Å²) in [5, 5.41) is 4.18. The molecule has 0 saturated carbocycles. The van der Waals surface area contributed by atoms with Crippen LogP contribution in [0.3, 0.4) is 0 Å². The van der Waals surface area contributed by atoms with Crippen LogP contribution >= 0.6 is 11.5 Å². The van der Waals surface area contributed by atoms with Crippen molar-refractivity contribution >= 4 is 21.6 Å². The van der Waals surface area contributed by atoms with Gasteiger partial charge in [-0.3, -0.25) is 4.79 Å². The number of nitrogens with one attached hydrogen (secondary N) is 1. The first kappa shape index (κ1) is 14.0. The van der Waals surface area contributed by atoms with Crippen molar-refractivity contribution in [2.75, 3.05) is 6.54 Å². The molecule has 3 rings (SSSR count). The maximum Gasteiger partial charge on any atom is 0.273 e. The largest absolute Gasteiger partial charge is 0.313 e. The first-order valence-electron chi connectivity index (χ1n) is 7.20. The zero-order chi connectivity index (χ0) is 14.7. The van der Waals surface area contributed by atoms with Gasteiger partial charge in [-0.05, 0) is 42.8 Å². The molecule has 1 N–H and O–H groups in total. The van der Waals surface area contributed by atoms with Gasteiger partial charge in [0.15, 0.2) is 0 Å². The van der Waals surface area contributed by atoms with Crippen molar-refractivity contribution in [3.8, 4) is 5.69 Å². The van der Waals surface area contributed by atoms with Crippen LogP contribution in [0.5, 0.6) is 0 Å². The molecule has 0 aliphatic carbocycles. The highest BCUT2D eigenvalue weighted by molar-refractivity contribution is 7.14. The average Bonchev–Trinajstić information content (AvgIpc) is 2.86. The highest BCUT2D eigenvalue weighted by Gasteiger charge is 2.08.